The van der Waals surface area contributed by atoms with Crippen LogP contribution < -0.4 is 16.0 Å². The van der Waals surface area contributed by atoms with E-state index < -0.39 is 24.5 Å². The number of ether oxygens (including phenoxy) is 1. The van der Waals surface area contributed by atoms with Gasteiger partial charge in [0, 0.05) is 11.5 Å². The van der Waals surface area contributed by atoms with Crippen molar-refractivity contribution >= 4 is 52.3 Å². The number of benzene rings is 1. The van der Waals surface area contributed by atoms with Gasteiger partial charge in [-0.2, -0.15) is 11.8 Å². The summed E-state index contributed by atoms with van der Waals surface area (Å²) < 4.78 is 6.03. The monoisotopic (exact) mass is 457 g/mol. The van der Waals surface area contributed by atoms with Gasteiger partial charge in [0.1, 0.15) is 30.4 Å². The normalized spacial score (nSPS) is 28.4. The Bertz CT molecular complexity index is 908. The number of nitrogens with one attached hydrogen (secondary N) is 1. The second-order valence-electron chi connectivity index (χ2n) is 6.99. The first-order valence-electron chi connectivity index (χ1n) is 9.05. The van der Waals surface area contributed by atoms with E-state index in [1.54, 1.807) is 22.7 Å². The van der Waals surface area contributed by atoms with Gasteiger partial charge < -0.3 is 30.9 Å². The topological polar surface area (TPSA) is 117 Å². The van der Waals surface area contributed by atoms with Crippen LogP contribution in [0.15, 0.2) is 24.5 Å². The van der Waals surface area contributed by atoms with Crippen molar-refractivity contribution in [3.8, 4) is 0 Å². The first kappa shape index (κ1) is 20.8. The Morgan fingerprint density at radius 2 is 2.03 bits per heavy atom. The zero-order valence-electron chi connectivity index (χ0n) is 15.5. The van der Waals surface area contributed by atoms with Crippen molar-refractivity contribution in [3.63, 3.8) is 0 Å². The molecular weight excluding hydrogens is 437 g/mol. The zero-order chi connectivity index (χ0) is 20.7. The summed E-state index contributed by atoms with van der Waals surface area (Å²) >= 11 is 13.6. The van der Waals surface area contributed by atoms with Gasteiger partial charge in [-0.25, -0.2) is 9.97 Å². The predicted molar refractivity (Wildman–Crippen MR) is 115 cm³/mol. The van der Waals surface area contributed by atoms with Crippen LogP contribution in [0.5, 0.6) is 0 Å². The number of hydrogen-bond donors (Lipinski definition) is 4. The van der Waals surface area contributed by atoms with Crippen molar-refractivity contribution in [3.05, 3.63) is 40.1 Å². The molecule has 3 heterocycles. The van der Waals surface area contributed by atoms with Gasteiger partial charge in [-0.3, -0.25) is 0 Å². The van der Waals surface area contributed by atoms with E-state index in [-0.39, 0.29) is 6.17 Å². The molecule has 2 aliphatic heterocycles. The van der Waals surface area contributed by atoms with E-state index in [9.17, 15) is 10.2 Å². The number of nitrogen functional groups attached to an aromatic ring is 1. The average Bonchev–Trinajstić information content (AvgIpc) is 3.16. The quantitative estimate of drug-likeness (QED) is 0.536. The Kier molecular flexibility index (Phi) is 5.97. The number of nitrogens with two attached hydrogens (primary N) is 1. The number of rotatable bonds is 5. The van der Waals surface area contributed by atoms with Gasteiger partial charge in [-0.15, -0.1) is 0 Å². The maximum atomic E-state index is 10.6. The fourth-order valence-electron chi connectivity index (χ4n) is 3.55. The molecule has 2 unspecified atom stereocenters. The predicted octanol–water partition coefficient (Wildman–Crippen LogP) is 2.32. The van der Waals surface area contributed by atoms with Gasteiger partial charge in [0.25, 0.3) is 0 Å². The third-order valence-corrected chi connectivity index (χ3v) is 6.86. The number of hydrogen-bond acceptors (Lipinski definition) is 9. The average molecular weight is 458 g/mol. The lowest BCUT2D eigenvalue weighted by molar-refractivity contribution is 0.0133. The first-order chi connectivity index (χ1) is 13.9. The van der Waals surface area contributed by atoms with E-state index in [0.29, 0.717) is 38.9 Å². The number of halogens is 2. The van der Waals surface area contributed by atoms with Crippen molar-refractivity contribution < 1.29 is 14.9 Å². The summed E-state index contributed by atoms with van der Waals surface area (Å²) in [6, 6.07) is 5.48. The highest BCUT2D eigenvalue weighted by Crippen LogP contribution is 2.40. The second kappa shape index (κ2) is 8.33. The summed E-state index contributed by atoms with van der Waals surface area (Å²) in [6.45, 7) is 1.90. The minimum atomic E-state index is -1.09. The fourth-order valence-corrected chi connectivity index (χ4v) is 4.91. The molecule has 156 valence electrons. The largest absolute Gasteiger partial charge is 0.387 e. The van der Waals surface area contributed by atoms with Gasteiger partial charge in [0.05, 0.1) is 16.1 Å². The molecule has 5 atom stereocenters. The number of fused-ring (bicyclic) bond motifs is 1. The molecule has 11 heteroatoms. The highest BCUT2D eigenvalue weighted by Gasteiger charge is 2.49. The number of anilines is 3. The van der Waals surface area contributed by atoms with Gasteiger partial charge in [-0.1, -0.05) is 29.3 Å². The van der Waals surface area contributed by atoms with Crippen molar-refractivity contribution in [2.75, 3.05) is 21.7 Å². The SMILES string of the molecule is CC1Nc2c(N)ncnc2N1[C@@H]1O[C@H](CSCc2ccc(Cl)c(Cl)c2)[C@@H](O)C1O. The molecule has 8 nitrogen and oxygen atoms in total. The van der Waals surface area contributed by atoms with Crippen LogP contribution in [0.25, 0.3) is 0 Å². The highest BCUT2D eigenvalue weighted by molar-refractivity contribution is 7.98. The number of nitrogens with zero attached hydrogens (tertiary/aromatic N) is 3. The van der Waals surface area contributed by atoms with E-state index in [2.05, 4.69) is 15.3 Å². The number of aromatic nitrogens is 2. The lowest BCUT2D eigenvalue weighted by Crippen LogP contribution is -2.48. The van der Waals surface area contributed by atoms with Crippen molar-refractivity contribution in [2.45, 2.75) is 43.4 Å². The van der Waals surface area contributed by atoms with Crippen LogP contribution >= 0.6 is 35.0 Å². The molecule has 0 bridgehead atoms. The Hall–Kier alpha value is -1.49. The minimum Gasteiger partial charge on any atom is -0.387 e. The molecule has 0 aliphatic carbocycles. The van der Waals surface area contributed by atoms with Crippen LogP contribution in [0.4, 0.5) is 17.3 Å². The maximum Gasteiger partial charge on any atom is 0.162 e. The highest BCUT2D eigenvalue weighted by atomic mass is 35.5. The zero-order valence-corrected chi connectivity index (χ0v) is 17.8. The maximum absolute atomic E-state index is 10.6. The van der Waals surface area contributed by atoms with E-state index in [4.69, 9.17) is 33.7 Å². The molecule has 1 fully saturated rings. The van der Waals surface area contributed by atoms with Crippen LogP contribution in [0.1, 0.15) is 12.5 Å². The molecule has 1 aromatic heterocycles. The van der Waals surface area contributed by atoms with Crippen LogP contribution in [0.2, 0.25) is 10.0 Å². The minimum absolute atomic E-state index is 0.224. The van der Waals surface area contributed by atoms with E-state index in [0.717, 1.165) is 5.56 Å². The van der Waals surface area contributed by atoms with Crippen molar-refractivity contribution in [1.29, 1.82) is 0 Å². The Morgan fingerprint density at radius 3 is 2.79 bits per heavy atom. The van der Waals surface area contributed by atoms with Crippen LogP contribution in [0.3, 0.4) is 0 Å². The number of aliphatic hydroxyl groups is 2. The molecule has 29 heavy (non-hydrogen) atoms. The summed E-state index contributed by atoms with van der Waals surface area (Å²) in [7, 11) is 0. The molecule has 0 spiro atoms. The molecule has 1 saturated heterocycles. The lowest BCUT2D eigenvalue weighted by atomic mass is 10.1. The Balaban J connectivity index is 1.42. The summed E-state index contributed by atoms with van der Waals surface area (Å²) in [4.78, 5) is 10.0. The molecule has 0 amide bonds. The van der Waals surface area contributed by atoms with Crippen LogP contribution in [-0.4, -0.2) is 56.6 Å². The van der Waals surface area contributed by atoms with Crippen molar-refractivity contribution in [1.82, 2.24) is 9.97 Å². The summed E-state index contributed by atoms with van der Waals surface area (Å²) in [5, 5.41) is 25.4. The smallest absolute Gasteiger partial charge is 0.162 e. The lowest BCUT2D eigenvalue weighted by Gasteiger charge is -2.30. The second-order valence-corrected chi connectivity index (χ2v) is 8.84. The van der Waals surface area contributed by atoms with Gasteiger partial charge in [-0.05, 0) is 24.6 Å². The number of thioether (sulfide) groups is 1. The Morgan fingerprint density at radius 1 is 1.24 bits per heavy atom. The molecule has 5 N–H and O–H groups in total. The first-order valence-corrected chi connectivity index (χ1v) is 11.0. The molecule has 0 saturated carbocycles. The fraction of sp³-hybridized carbons (Fsp3) is 0.444. The van der Waals surface area contributed by atoms with E-state index in [1.165, 1.54) is 6.33 Å². The van der Waals surface area contributed by atoms with Gasteiger partial charge in [0.2, 0.25) is 0 Å². The number of aliphatic hydroxyl groups excluding tert-OH is 2. The summed E-state index contributed by atoms with van der Waals surface area (Å²) in [6.07, 6.45) is -2.24. The van der Waals surface area contributed by atoms with E-state index in [1.807, 2.05) is 19.1 Å². The third kappa shape index (κ3) is 3.95. The van der Waals surface area contributed by atoms with Crippen molar-refractivity contribution in [2.24, 2.45) is 0 Å². The Labute approximate surface area is 182 Å². The third-order valence-electron chi connectivity index (χ3n) is 5.02. The molecule has 1 aromatic carbocycles. The van der Waals surface area contributed by atoms with Gasteiger partial charge in [0.15, 0.2) is 17.9 Å². The van der Waals surface area contributed by atoms with Gasteiger partial charge >= 0.3 is 0 Å². The molecule has 2 aromatic rings. The van der Waals surface area contributed by atoms with Crippen LogP contribution in [0, 0.1) is 0 Å². The standard InChI is InChI=1S/C18H21Cl2N5O3S/c1-8-24-13-16(21)22-7-23-17(13)25(8)18-15(27)14(26)12(28-18)6-29-5-9-2-3-10(19)11(20)4-9/h2-4,7-8,12,14-15,18,24,26-27H,5-6H2,1H3,(H2,21,22,23)/t8?,12-,14-,15?,18-/m1/s1. The summed E-state index contributed by atoms with van der Waals surface area (Å²) in [5.74, 6) is 2.05. The molecule has 0 radical (unpaired) electrons. The summed E-state index contributed by atoms with van der Waals surface area (Å²) in [5.41, 5.74) is 7.53. The van der Waals surface area contributed by atoms with Crippen LogP contribution in [-0.2, 0) is 10.5 Å². The molecule has 4 rings (SSSR count). The molecule has 2 aliphatic rings. The van der Waals surface area contributed by atoms with E-state index >= 15 is 0 Å². The molecular formula is C18H21Cl2N5O3S.